The van der Waals surface area contributed by atoms with Crippen molar-refractivity contribution in [3.8, 4) is 5.75 Å². The SMILES string of the molecule is CC(C)Nc1cc(C(=O)NC2(C)CS(=O)(=O)C2)cnc1C(=N)c1cccc(OC2CC2)c1. The number of benzene rings is 1. The van der Waals surface area contributed by atoms with E-state index in [1.807, 2.05) is 38.1 Å². The van der Waals surface area contributed by atoms with E-state index in [0.29, 0.717) is 22.5 Å². The Bertz CT molecular complexity index is 1160. The fraction of sp³-hybridized carbons (Fsp3) is 0.435. The largest absolute Gasteiger partial charge is 0.490 e. The fourth-order valence-electron chi connectivity index (χ4n) is 3.80. The van der Waals surface area contributed by atoms with Gasteiger partial charge < -0.3 is 15.4 Å². The van der Waals surface area contributed by atoms with Crippen LogP contribution in [-0.2, 0) is 9.84 Å². The number of sulfone groups is 1. The Morgan fingerprint density at radius 3 is 2.56 bits per heavy atom. The quantitative estimate of drug-likeness (QED) is 0.525. The van der Waals surface area contributed by atoms with Gasteiger partial charge >= 0.3 is 0 Å². The molecule has 0 atom stereocenters. The van der Waals surface area contributed by atoms with Crippen molar-refractivity contribution in [2.75, 3.05) is 16.8 Å². The Hall–Kier alpha value is -2.94. The summed E-state index contributed by atoms with van der Waals surface area (Å²) in [7, 11) is -3.08. The second-order valence-electron chi connectivity index (χ2n) is 9.19. The molecule has 0 bridgehead atoms. The molecule has 3 N–H and O–H groups in total. The van der Waals surface area contributed by atoms with Crippen LogP contribution < -0.4 is 15.4 Å². The predicted octanol–water partition coefficient (Wildman–Crippen LogP) is 2.78. The smallest absolute Gasteiger partial charge is 0.253 e. The lowest BCUT2D eigenvalue weighted by Crippen LogP contribution is -2.63. The van der Waals surface area contributed by atoms with Crippen molar-refractivity contribution in [1.29, 1.82) is 5.41 Å². The number of aromatic nitrogens is 1. The van der Waals surface area contributed by atoms with E-state index in [-0.39, 0.29) is 35.3 Å². The molecule has 8 nitrogen and oxygen atoms in total. The van der Waals surface area contributed by atoms with Gasteiger partial charge in [0.25, 0.3) is 5.91 Å². The number of amides is 1. The van der Waals surface area contributed by atoms with E-state index >= 15 is 0 Å². The molecule has 0 spiro atoms. The highest BCUT2D eigenvalue weighted by atomic mass is 32.2. The van der Waals surface area contributed by atoms with E-state index in [1.165, 1.54) is 6.20 Å². The Kier molecular flexibility index (Phi) is 5.70. The highest BCUT2D eigenvalue weighted by Crippen LogP contribution is 2.28. The zero-order valence-electron chi connectivity index (χ0n) is 18.4. The molecule has 1 aromatic carbocycles. The molecule has 4 rings (SSSR count). The number of pyridine rings is 1. The first-order valence-corrected chi connectivity index (χ1v) is 12.5. The molecule has 9 heteroatoms. The van der Waals surface area contributed by atoms with Crippen molar-refractivity contribution in [3.63, 3.8) is 0 Å². The Labute approximate surface area is 188 Å². The van der Waals surface area contributed by atoms with Gasteiger partial charge in [0, 0.05) is 17.8 Å². The Morgan fingerprint density at radius 2 is 1.94 bits per heavy atom. The predicted molar refractivity (Wildman–Crippen MR) is 124 cm³/mol. The molecule has 2 aromatic rings. The summed E-state index contributed by atoms with van der Waals surface area (Å²) in [6.45, 7) is 5.64. The molecule has 1 saturated heterocycles. The van der Waals surface area contributed by atoms with E-state index < -0.39 is 15.4 Å². The van der Waals surface area contributed by atoms with Crippen molar-refractivity contribution in [2.45, 2.75) is 51.3 Å². The van der Waals surface area contributed by atoms with Crippen LogP contribution in [-0.4, -0.2) is 54.2 Å². The van der Waals surface area contributed by atoms with Crippen molar-refractivity contribution in [1.82, 2.24) is 10.3 Å². The number of rotatable bonds is 8. The first-order valence-electron chi connectivity index (χ1n) is 10.7. The van der Waals surface area contributed by atoms with Gasteiger partial charge in [-0.15, -0.1) is 0 Å². The number of hydrogen-bond acceptors (Lipinski definition) is 7. The number of nitrogens with zero attached hydrogens (tertiary/aromatic N) is 1. The fourth-order valence-corrected chi connectivity index (χ4v) is 5.80. The second-order valence-corrected chi connectivity index (χ2v) is 11.3. The molecule has 1 saturated carbocycles. The number of ether oxygens (including phenoxy) is 1. The lowest BCUT2D eigenvalue weighted by molar-refractivity contribution is 0.0916. The maximum absolute atomic E-state index is 12.8. The van der Waals surface area contributed by atoms with Crippen LogP contribution in [0, 0.1) is 5.41 Å². The summed E-state index contributed by atoms with van der Waals surface area (Å²) in [5.41, 5.74) is 1.43. The zero-order chi connectivity index (χ0) is 23.1. The molecule has 32 heavy (non-hydrogen) atoms. The lowest BCUT2D eigenvalue weighted by Gasteiger charge is -2.38. The van der Waals surface area contributed by atoms with E-state index in [4.69, 9.17) is 10.1 Å². The monoisotopic (exact) mass is 456 g/mol. The molecular weight excluding hydrogens is 428 g/mol. The van der Waals surface area contributed by atoms with Gasteiger partial charge in [-0.25, -0.2) is 8.42 Å². The summed E-state index contributed by atoms with van der Waals surface area (Å²) in [4.78, 5) is 17.2. The molecule has 170 valence electrons. The Morgan fingerprint density at radius 1 is 1.22 bits per heavy atom. The van der Waals surface area contributed by atoms with Crippen LogP contribution in [0.25, 0.3) is 0 Å². The zero-order valence-corrected chi connectivity index (χ0v) is 19.3. The van der Waals surface area contributed by atoms with Gasteiger partial charge in [0.05, 0.1) is 40.1 Å². The first kappa shape index (κ1) is 22.3. The summed E-state index contributed by atoms with van der Waals surface area (Å²) in [6.07, 6.45) is 3.80. The minimum absolute atomic E-state index is 0.0560. The van der Waals surface area contributed by atoms with Crippen LogP contribution >= 0.6 is 0 Å². The maximum Gasteiger partial charge on any atom is 0.253 e. The van der Waals surface area contributed by atoms with Gasteiger partial charge in [0.1, 0.15) is 11.4 Å². The summed E-state index contributed by atoms with van der Waals surface area (Å²) in [5.74, 6) is 0.198. The third-order valence-corrected chi connectivity index (χ3v) is 7.43. The topological polar surface area (TPSA) is 121 Å². The number of carbonyl (C=O) groups is 1. The van der Waals surface area contributed by atoms with Crippen molar-refractivity contribution in [3.05, 3.63) is 53.3 Å². The van der Waals surface area contributed by atoms with Crippen LogP contribution in [0.15, 0.2) is 36.5 Å². The molecule has 2 aliphatic rings. The first-order chi connectivity index (χ1) is 15.0. The van der Waals surface area contributed by atoms with Gasteiger partial charge in [0.15, 0.2) is 9.84 Å². The number of hydrogen-bond donors (Lipinski definition) is 3. The van der Waals surface area contributed by atoms with Gasteiger partial charge in [-0.3, -0.25) is 15.2 Å². The van der Waals surface area contributed by atoms with Crippen LogP contribution in [0.3, 0.4) is 0 Å². The van der Waals surface area contributed by atoms with Crippen molar-refractivity contribution >= 4 is 27.1 Å². The Balaban J connectivity index is 1.58. The molecular formula is C23H28N4O4S. The van der Waals surface area contributed by atoms with E-state index in [9.17, 15) is 13.2 Å². The average Bonchev–Trinajstić information content (AvgIpc) is 3.49. The van der Waals surface area contributed by atoms with Crippen molar-refractivity contribution in [2.24, 2.45) is 0 Å². The molecule has 1 aliphatic carbocycles. The summed E-state index contributed by atoms with van der Waals surface area (Å²) in [6, 6.07) is 9.12. The second kappa shape index (κ2) is 8.20. The maximum atomic E-state index is 12.8. The molecule has 0 unspecified atom stereocenters. The van der Waals surface area contributed by atoms with Gasteiger partial charge in [0.2, 0.25) is 0 Å². The normalized spacial score (nSPS) is 18.5. The van der Waals surface area contributed by atoms with E-state index in [2.05, 4.69) is 15.6 Å². The van der Waals surface area contributed by atoms with Crippen molar-refractivity contribution < 1.29 is 17.9 Å². The van der Waals surface area contributed by atoms with Crippen LogP contribution in [0.5, 0.6) is 5.75 Å². The standard InChI is InChI=1S/C23H28N4O4S/c1-14(2)26-19-10-16(22(28)27-23(3)12-32(29,30)13-23)11-25-21(19)20(24)15-5-4-6-18(9-15)31-17-7-8-17/h4-6,9-11,14,17,24,26H,7-8,12-13H2,1-3H3,(H,27,28). The van der Waals surface area contributed by atoms with Gasteiger partial charge in [-0.2, -0.15) is 0 Å². The van der Waals surface area contributed by atoms with Crippen LogP contribution in [0.1, 0.15) is 55.2 Å². The van der Waals surface area contributed by atoms with Crippen LogP contribution in [0.4, 0.5) is 5.69 Å². The average molecular weight is 457 g/mol. The summed E-state index contributed by atoms with van der Waals surface area (Å²) < 4.78 is 28.9. The minimum Gasteiger partial charge on any atom is -0.490 e. The third-order valence-electron chi connectivity index (χ3n) is 5.27. The number of anilines is 1. The highest BCUT2D eigenvalue weighted by Gasteiger charge is 2.45. The molecule has 2 fully saturated rings. The minimum atomic E-state index is -3.08. The van der Waals surface area contributed by atoms with Gasteiger partial charge in [-0.1, -0.05) is 12.1 Å². The van der Waals surface area contributed by atoms with Gasteiger partial charge in [-0.05, 0) is 51.8 Å². The summed E-state index contributed by atoms with van der Waals surface area (Å²) >= 11 is 0. The van der Waals surface area contributed by atoms with E-state index in [0.717, 1.165) is 18.6 Å². The van der Waals surface area contributed by atoms with E-state index in [1.54, 1.807) is 13.0 Å². The van der Waals surface area contributed by atoms with Crippen LogP contribution in [0.2, 0.25) is 0 Å². The molecule has 0 radical (unpaired) electrons. The highest BCUT2D eigenvalue weighted by molar-refractivity contribution is 7.93. The lowest BCUT2D eigenvalue weighted by atomic mass is 10.0. The summed E-state index contributed by atoms with van der Waals surface area (Å²) in [5, 5.41) is 14.8. The third kappa shape index (κ3) is 5.09. The number of carbonyl (C=O) groups excluding carboxylic acids is 1. The molecule has 1 amide bonds. The molecule has 1 aliphatic heterocycles. The number of nitrogens with one attached hydrogen (secondary N) is 3. The molecule has 2 heterocycles. The molecule has 1 aromatic heterocycles.